The molecular weight excluding hydrogens is 252 g/mol. The number of carbonyl (C=O) groups is 2. The summed E-state index contributed by atoms with van der Waals surface area (Å²) in [4.78, 5) is 25.6. The molecule has 108 valence electrons. The third-order valence-electron chi connectivity index (χ3n) is 3.60. The normalized spacial score (nSPS) is 15.8. The van der Waals surface area contributed by atoms with E-state index in [1.54, 1.807) is 12.1 Å². The maximum atomic E-state index is 11.8. The molecule has 4 nitrogen and oxygen atoms in total. The second-order valence-electron chi connectivity index (χ2n) is 5.17. The molecule has 1 aromatic carbocycles. The predicted molar refractivity (Wildman–Crippen MR) is 78.4 cm³/mol. The molecule has 2 amide bonds. The van der Waals surface area contributed by atoms with Crippen molar-refractivity contribution in [3.05, 3.63) is 35.9 Å². The standard InChI is InChI=1S/C16H22N2O2/c19-15-10-5-2-6-12-18(15)13-7-11-17-16(20)14-8-3-1-4-9-14/h1,3-4,8-9H,2,5-7,10-13H2,(H,17,20). The molecule has 2 rings (SSSR count). The van der Waals surface area contributed by atoms with Gasteiger partial charge in [-0.2, -0.15) is 0 Å². The van der Waals surface area contributed by atoms with Gasteiger partial charge in [0.15, 0.2) is 0 Å². The zero-order valence-corrected chi connectivity index (χ0v) is 11.8. The number of hydrogen-bond donors (Lipinski definition) is 1. The first kappa shape index (κ1) is 14.6. The van der Waals surface area contributed by atoms with Crippen LogP contribution < -0.4 is 5.32 Å². The summed E-state index contributed by atoms with van der Waals surface area (Å²) in [5.41, 5.74) is 0.679. The van der Waals surface area contributed by atoms with E-state index < -0.39 is 0 Å². The number of nitrogens with one attached hydrogen (secondary N) is 1. The third kappa shape index (κ3) is 4.37. The molecule has 0 spiro atoms. The van der Waals surface area contributed by atoms with Gasteiger partial charge in [0.1, 0.15) is 0 Å². The van der Waals surface area contributed by atoms with Gasteiger partial charge in [-0.3, -0.25) is 9.59 Å². The summed E-state index contributed by atoms with van der Waals surface area (Å²) in [6, 6.07) is 9.19. The minimum absolute atomic E-state index is 0.0483. The van der Waals surface area contributed by atoms with Gasteiger partial charge in [0.05, 0.1) is 0 Å². The summed E-state index contributed by atoms with van der Waals surface area (Å²) in [6.45, 7) is 2.22. The molecule has 1 aliphatic heterocycles. The first-order valence-electron chi connectivity index (χ1n) is 7.38. The number of rotatable bonds is 5. The summed E-state index contributed by atoms with van der Waals surface area (Å²) < 4.78 is 0. The fraction of sp³-hybridized carbons (Fsp3) is 0.500. The van der Waals surface area contributed by atoms with E-state index in [2.05, 4.69) is 5.32 Å². The lowest BCUT2D eigenvalue weighted by Crippen LogP contribution is -2.33. The van der Waals surface area contributed by atoms with Gasteiger partial charge in [-0.15, -0.1) is 0 Å². The van der Waals surface area contributed by atoms with E-state index in [4.69, 9.17) is 0 Å². The molecule has 0 radical (unpaired) electrons. The third-order valence-corrected chi connectivity index (χ3v) is 3.60. The first-order valence-corrected chi connectivity index (χ1v) is 7.38. The molecule has 1 aromatic rings. The Morgan fingerprint density at radius 1 is 1.15 bits per heavy atom. The molecule has 0 aliphatic carbocycles. The number of nitrogens with zero attached hydrogens (tertiary/aromatic N) is 1. The number of hydrogen-bond acceptors (Lipinski definition) is 2. The van der Waals surface area contributed by atoms with E-state index in [0.29, 0.717) is 18.5 Å². The highest BCUT2D eigenvalue weighted by Gasteiger charge is 2.15. The van der Waals surface area contributed by atoms with Crippen LogP contribution in [0, 0.1) is 0 Å². The van der Waals surface area contributed by atoms with Crippen molar-refractivity contribution in [2.75, 3.05) is 19.6 Å². The summed E-state index contributed by atoms with van der Waals surface area (Å²) in [5.74, 6) is 0.213. The van der Waals surface area contributed by atoms with Gasteiger partial charge < -0.3 is 10.2 Å². The molecule has 1 fully saturated rings. The van der Waals surface area contributed by atoms with Crippen molar-refractivity contribution in [2.45, 2.75) is 32.1 Å². The zero-order chi connectivity index (χ0) is 14.2. The van der Waals surface area contributed by atoms with E-state index in [9.17, 15) is 9.59 Å². The summed E-state index contributed by atoms with van der Waals surface area (Å²) in [7, 11) is 0. The molecule has 1 aliphatic rings. The van der Waals surface area contributed by atoms with E-state index >= 15 is 0 Å². The zero-order valence-electron chi connectivity index (χ0n) is 11.8. The van der Waals surface area contributed by atoms with Gasteiger partial charge in [-0.05, 0) is 31.4 Å². The minimum atomic E-state index is -0.0483. The highest BCUT2D eigenvalue weighted by molar-refractivity contribution is 5.94. The molecule has 4 heteroatoms. The maximum Gasteiger partial charge on any atom is 0.251 e. The van der Waals surface area contributed by atoms with E-state index in [0.717, 1.165) is 38.8 Å². The van der Waals surface area contributed by atoms with Gasteiger partial charge in [0.2, 0.25) is 5.91 Å². The Bertz CT molecular complexity index is 445. The van der Waals surface area contributed by atoms with Crippen molar-refractivity contribution in [1.29, 1.82) is 0 Å². The number of amides is 2. The SMILES string of the molecule is O=C(NCCCN1CCCCCC1=O)c1ccccc1. The van der Waals surface area contributed by atoms with Crippen LogP contribution in [-0.2, 0) is 4.79 Å². The fourth-order valence-corrected chi connectivity index (χ4v) is 2.44. The van der Waals surface area contributed by atoms with Crippen LogP contribution in [0.5, 0.6) is 0 Å². The Balaban J connectivity index is 1.68. The lowest BCUT2D eigenvalue weighted by molar-refractivity contribution is -0.130. The van der Waals surface area contributed by atoms with Gasteiger partial charge in [-0.25, -0.2) is 0 Å². The minimum Gasteiger partial charge on any atom is -0.352 e. The number of benzene rings is 1. The van der Waals surface area contributed by atoms with Crippen LogP contribution in [0.1, 0.15) is 42.5 Å². The lowest BCUT2D eigenvalue weighted by atomic mass is 10.2. The van der Waals surface area contributed by atoms with Crippen molar-refractivity contribution in [1.82, 2.24) is 10.2 Å². The second-order valence-corrected chi connectivity index (χ2v) is 5.17. The van der Waals surface area contributed by atoms with Crippen molar-refractivity contribution in [2.24, 2.45) is 0 Å². The van der Waals surface area contributed by atoms with Crippen LogP contribution in [0.15, 0.2) is 30.3 Å². The average Bonchev–Trinajstić information content (AvgIpc) is 2.69. The smallest absolute Gasteiger partial charge is 0.251 e. The Hall–Kier alpha value is -1.84. The quantitative estimate of drug-likeness (QED) is 0.837. The van der Waals surface area contributed by atoms with Crippen LogP contribution >= 0.6 is 0 Å². The molecule has 1 heterocycles. The summed E-state index contributed by atoms with van der Waals surface area (Å²) >= 11 is 0. The van der Waals surface area contributed by atoms with E-state index in [1.807, 2.05) is 23.1 Å². The summed E-state index contributed by atoms with van der Waals surface area (Å²) in [6.07, 6.45) is 4.75. The fourth-order valence-electron chi connectivity index (χ4n) is 2.44. The van der Waals surface area contributed by atoms with Crippen LogP contribution in [0.2, 0.25) is 0 Å². The van der Waals surface area contributed by atoms with Crippen LogP contribution in [0.25, 0.3) is 0 Å². The Kier molecular flexibility index (Phi) is 5.59. The second kappa shape index (κ2) is 7.68. The molecule has 20 heavy (non-hydrogen) atoms. The van der Waals surface area contributed by atoms with Crippen LogP contribution in [0.4, 0.5) is 0 Å². The molecule has 0 aromatic heterocycles. The lowest BCUT2D eigenvalue weighted by Gasteiger charge is -2.20. The molecule has 1 N–H and O–H groups in total. The van der Waals surface area contributed by atoms with Crippen molar-refractivity contribution in [3.63, 3.8) is 0 Å². The average molecular weight is 274 g/mol. The van der Waals surface area contributed by atoms with Crippen LogP contribution in [-0.4, -0.2) is 36.3 Å². The highest BCUT2D eigenvalue weighted by atomic mass is 16.2. The molecule has 0 atom stereocenters. The highest BCUT2D eigenvalue weighted by Crippen LogP contribution is 2.11. The van der Waals surface area contributed by atoms with Gasteiger partial charge >= 0.3 is 0 Å². The monoisotopic (exact) mass is 274 g/mol. The molecule has 0 unspecified atom stereocenters. The van der Waals surface area contributed by atoms with Gasteiger partial charge in [0, 0.05) is 31.6 Å². The Morgan fingerprint density at radius 3 is 2.75 bits per heavy atom. The largest absolute Gasteiger partial charge is 0.352 e. The number of likely N-dealkylation sites (tertiary alicyclic amines) is 1. The predicted octanol–water partition coefficient (Wildman–Crippen LogP) is 2.21. The Morgan fingerprint density at radius 2 is 1.95 bits per heavy atom. The van der Waals surface area contributed by atoms with Gasteiger partial charge in [0.25, 0.3) is 5.91 Å². The molecule has 0 bridgehead atoms. The Labute approximate surface area is 120 Å². The number of carbonyl (C=O) groups excluding carboxylic acids is 2. The van der Waals surface area contributed by atoms with E-state index in [-0.39, 0.29) is 11.8 Å². The first-order chi connectivity index (χ1) is 9.77. The van der Waals surface area contributed by atoms with Crippen molar-refractivity contribution >= 4 is 11.8 Å². The topological polar surface area (TPSA) is 49.4 Å². The van der Waals surface area contributed by atoms with Crippen LogP contribution in [0.3, 0.4) is 0 Å². The van der Waals surface area contributed by atoms with Gasteiger partial charge in [-0.1, -0.05) is 24.6 Å². The molecule has 0 saturated carbocycles. The van der Waals surface area contributed by atoms with Crippen molar-refractivity contribution < 1.29 is 9.59 Å². The van der Waals surface area contributed by atoms with Crippen molar-refractivity contribution in [3.8, 4) is 0 Å². The maximum absolute atomic E-state index is 11.8. The summed E-state index contributed by atoms with van der Waals surface area (Å²) in [5, 5.41) is 2.89. The van der Waals surface area contributed by atoms with E-state index in [1.165, 1.54) is 0 Å². The molecule has 1 saturated heterocycles. The molecular formula is C16H22N2O2.